The van der Waals surface area contributed by atoms with Crippen molar-refractivity contribution < 1.29 is 9.66 Å². The van der Waals surface area contributed by atoms with Gasteiger partial charge in [-0.05, 0) is 36.2 Å². The highest BCUT2D eigenvalue weighted by Gasteiger charge is 2.06. The Morgan fingerprint density at radius 2 is 2.05 bits per heavy atom. The maximum Gasteiger partial charge on any atom is 0.269 e. The zero-order chi connectivity index (χ0) is 13.8. The van der Waals surface area contributed by atoms with Gasteiger partial charge in [0.2, 0.25) is 0 Å². The molecule has 0 bridgehead atoms. The number of hydrogen-bond acceptors (Lipinski definition) is 3. The minimum Gasteiger partial charge on any atom is -0.489 e. The Bertz CT molecular complexity index is 613. The van der Waals surface area contributed by atoms with Crippen molar-refractivity contribution in [2.24, 2.45) is 0 Å². The Morgan fingerprint density at radius 1 is 1.26 bits per heavy atom. The normalized spacial score (nSPS) is 10.2. The van der Waals surface area contributed by atoms with E-state index in [1.54, 1.807) is 24.3 Å². The zero-order valence-corrected chi connectivity index (χ0v) is 11.1. The van der Waals surface area contributed by atoms with Crippen LogP contribution >= 0.6 is 11.6 Å². The quantitative estimate of drug-likeness (QED) is 0.623. The number of nitrogens with zero attached hydrogens (tertiary/aromatic N) is 1. The Balaban J connectivity index is 2.07. The molecule has 0 saturated heterocycles. The first-order chi connectivity index (χ1) is 9.06. The Hall–Kier alpha value is -2.07. The van der Waals surface area contributed by atoms with Crippen LogP contribution in [-0.2, 0) is 6.61 Å². The first-order valence-electron chi connectivity index (χ1n) is 5.68. The molecular formula is C14H12ClNO3. The lowest BCUT2D eigenvalue weighted by Crippen LogP contribution is -1.97. The van der Waals surface area contributed by atoms with E-state index in [1.165, 1.54) is 12.1 Å². The fourth-order valence-electron chi connectivity index (χ4n) is 1.63. The lowest BCUT2D eigenvalue weighted by atomic mass is 10.2. The third kappa shape index (κ3) is 3.45. The summed E-state index contributed by atoms with van der Waals surface area (Å²) in [6.07, 6.45) is 0. The summed E-state index contributed by atoms with van der Waals surface area (Å²) in [6, 6.07) is 11.8. The van der Waals surface area contributed by atoms with Crippen LogP contribution < -0.4 is 4.74 Å². The summed E-state index contributed by atoms with van der Waals surface area (Å²) in [5.74, 6) is 0.688. The van der Waals surface area contributed by atoms with Gasteiger partial charge in [-0.3, -0.25) is 10.1 Å². The Morgan fingerprint density at radius 3 is 2.74 bits per heavy atom. The van der Waals surface area contributed by atoms with Crippen LogP contribution in [-0.4, -0.2) is 4.92 Å². The predicted octanol–water partition coefficient (Wildman–Crippen LogP) is 4.14. The van der Waals surface area contributed by atoms with E-state index < -0.39 is 4.92 Å². The molecule has 2 aromatic carbocycles. The van der Waals surface area contributed by atoms with E-state index in [0.717, 1.165) is 11.1 Å². The molecule has 2 aromatic rings. The van der Waals surface area contributed by atoms with Gasteiger partial charge in [0.05, 0.1) is 4.92 Å². The van der Waals surface area contributed by atoms with E-state index >= 15 is 0 Å². The maximum absolute atomic E-state index is 10.7. The van der Waals surface area contributed by atoms with Gasteiger partial charge >= 0.3 is 0 Å². The van der Waals surface area contributed by atoms with Crippen molar-refractivity contribution in [3.63, 3.8) is 0 Å². The molecule has 0 aromatic heterocycles. The number of benzene rings is 2. The van der Waals surface area contributed by atoms with E-state index in [2.05, 4.69) is 0 Å². The lowest BCUT2D eigenvalue weighted by molar-refractivity contribution is -0.384. The molecule has 5 heteroatoms. The predicted molar refractivity (Wildman–Crippen MR) is 73.6 cm³/mol. The van der Waals surface area contributed by atoms with Crippen molar-refractivity contribution in [1.29, 1.82) is 0 Å². The van der Waals surface area contributed by atoms with Crippen LogP contribution in [0.2, 0.25) is 5.02 Å². The first-order valence-corrected chi connectivity index (χ1v) is 6.06. The third-order valence-corrected chi connectivity index (χ3v) is 3.08. The standard InChI is InChI=1S/C14H12ClNO3/c1-10-7-13(5-6-14(10)15)19-9-11-3-2-4-12(8-11)16(17)18/h2-8H,9H2,1H3. The fraction of sp³-hybridized carbons (Fsp3) is 0.143. The van der Waals surface area contributed by atoms with Crippen molar-refractivity contribution in [2.75, 3.05) is 0 Å². The van der Waals surface area contributed by atoms with Crippen molar-refractivity contribution in [3.8, 4) is 5.75 Å². The largest absolute Gasteiger partial charge is 0.489 e. The summed E-state index contributed by atoms with van der Waals surface area (Å²) in [6.45, 7) is 2.17. The molecule has 0 N–H and O–H groups in total. The number of aryl methyl sites for hydroxylation is 1. The number of ether oxygens (including phenoxy) is 1. The molecule has 19 heavy (non-hydrogen) atoms. The van der Waals surface area contributed by atoms with E-state index in [-0.39, 0.29) is 12.3 Å². The van der Waals surface area contributed by atoms with Gasteiger partial charge in [0.15, 0.2) is 0 Å². The van der Waals surface area contributed by atoms with Crippen LogP contribution in [0.15, 0.2) is 42.5 Å². The molecule has 0 heterocycles. The second-order valence-corrected chi connectivity index (χ2v) is 4.53. The minimum absolute atomic E-state index is 0.0633. The van der Waals surface area contributed by atoms with E-state index in [9.17, 15) is 10.1 Å². The number of halogens is 1. The SMILES string of the molecule is Cc1cc(OCc2cccc([N+](=O)[O-])c2)ccc1Cl. The number of hydrogen-bond donors (Lipinski definition) is 0. The van der Waals surface area contributed by atoms with Gasteiger partial charge in [-0.1, -0.05) is 23.7 Å². The summed E-state index contributed by atoms with van der Waals surface area (Å²) in [7, 11) is 0. The maximum atomic E-state index is 10.7. The molecular weight excluding hydrogens is 266 g/mol. The van der Waals surface area contributed by atoms with Crippen molar-refractivity contribution in [1.82, 2.24) is 0 Å². The molecule has 98 valence electrons. The lowest BCUT2D eigenvalue weighted by Gasteiger charge is -2.07. The van der Waals surface area contributed by atoms with Crippen molar-refractivity contribution in [2.45, 2.75) is 13.5 Å². The first kappa shape index (κ1) is 13.4. The molecule has 0 fully saturated rings. The highest BCUT2D eigenvalue weighted by Crippen LogP contribution is 2.22. The molecule has 0 aliphatic rings. The zero-order valence-electron chi connectivity index (χ0n) is 10.3. The molecule has 0 saturated carbocycles. The molecule has 0 spiro atoms. The van der Waals surface area contributed by atoms with Gasteiger partial charge in [0.25, 0.3) is 5.69 Å². The molecule has 0 aliphatic carbocycles. The Labute approximate surface area is 115 Å². The molecule has 0 unspecified atom stereocenters. The van der Waals surface area contributed by atoms with E-state index in [4.69, 9.17) is 16.3 Å². The summed E-state index contributed by atoms with van der Waals surface area (Å²) in [5, 5.41) is 11.3. The van der Waals surface area contributed by atoms with Crippen molar-refractivity contribution in [3.05, 3.63) is 68.7 Å². The monoisotopic (exact) mass is 277 g/mol. The van der Waals surface area contributed by atoms with Gasteiger partial charge in [-0.15, -0.1) is 0 Å². The van der Waals surface area contributed by atoms with Crippen LogP contribution in [0, 0.1) is 17.0 Å². The summed E-state index contributed by atoms with van der Waals surface area (Å²) >= 11 is 5.92. The van der Waals surface area contributed by atoms with Crippen LogP contribution in [0.25, 0.3) is 0 Å². The summed E-state index contributed by atoms with van der Waals surface area (Å²) in [4.78, 5) is 10.2. The van der Waals surface area contributed by atoms with Crippen molar-refractivity contribution >= 4 is 17.3 Å². The fourth-order valence-corrected chi connectivity index (χ4v) is 1.75. The van der Waals surface area contributed by atoms with Gasteiger partial charge in [-0.25, -0.2) is 0 Å². The average molecular weight is 278 g/mol. The summed E-state index contributed by atoms with van der Waals surface area (Å²) in [5.41, 5.74) is 1.74. The van der Waals surface area contributed by atoms with Crippen LogP contribution in [0.3, 0.4) is 0 Å². The number of nitro groups is 1. The second kappa shape index (κ2) is 5.71. The van der Waals surface area contributed by atoms with Gasteiger partial charge in [0, 0.05) is 17.2 Å². The Kier molecular flexibility index (Phi) is 4.02. The average Bonchev–Trinajstić information content (AvgIpc) is 2.40. The van der Waals surface area contributed by atoms with E-state index in [0.29, 0.717) is 10.8 Å². The molecule has 0 atom stereocenters. The third-order valence-electron chi connectivity index (χ3n) is 2.66. The highest BCUT2D eigenvalue weighted by atomic mass is 35.5. The molecule has 0 radical (unpaired) electrons. The van der Waals surface area contributed by atoms with Gasteiger partial charge < -0.3 is 4.74 Å². The minimum atomic E-state index is -0.421. The number of rotatable bonds is 4. The highest BCUT2D eigenvalue weighted by molar-refractivity contribution is 6.31. The molecule has 0 aliphatic heterocycles. The number of nitro benzene ring substituents is 1. The van der Waals surface area contributed by atoms with Crippen LogP contribution in [0.4, 0.5) is 5.69 Å². The smallest absolute Gasteiger partial charge is 0.269 e. The summed E-state index contributed by atoms with van der Waals surface area (Å²) < 4.78 is 5.58. The molecule has 2 rings (SSSR count). The number of non-ortho nitro benzene ring substituents is 1. The van der Waals surface area contributed by atoms with E-state index in [1.807, 2.05) is 13.0 Å². The second-order valence-electron chi connectivity index (χ2n) is 4.13. The van der Waals surface area contributed by atoms with Crippen LogP contribution in [0.1, 0.15) is 11.1 Å². The van der Waals surface area contributed by atoms with Crippen LogP contribution in [0.5, 0.6) is 5.75 Å². The topological polar surface area (TPSA) is 52.4 Å². The molecule has 0 amide bonds. The van der Waals surface area contributed by atoms with Gasteiger partial charge in [-0.2, -0.15) is 0 Å². The molecule has 4 nitrogen and oxygen atoms in total. The van der Waals surface area contributed by atoms with Gasteiger partial charge in [0.1, 0.15) is 12.4 Å².